The lowest BCUT2D eigenvalue weighted by Gasteiger charge is -2.17. The van der Waals surface area contributed by atoms with Crippen LogP contribution in [-0.4, -0.2) is 24.5 Å². The van der Waals surface area contributed by atoms with Crippen LogP contribution in [0.2, 0.25) is 0 Å². The van der Waals surface area contributed by atoms with E-state index in [4.69, 9.17) is 0 Å². The van der Waals surface area contributed by atoms with E-state index in [1.807, 2.05) is 0 Å². The van der Waals surface area contributed by atoms with Crippen LogP contribution < -0.4 is 5.32 Å². The van der Waals surface area contributed by atoms with Crippen LogP contribution in [0.25, 0.3) is 0 Å². The van der Waals surface area contributed by atoms with Crippen molar-refractivity contribution in [1.29, 1.82) is 0 Å². The monoisotopic (exact) mass is 221 g/mol. The predicted octanol–water partition coefficient (Wildman–Crippen LogP) is 2.21. The van der Waals surface area contributed by atoms with E-state index in [9.17, 15) is 18.0 Å². The fraction of sp³-hybridized carbons (Fsp3) is 0.700. The Balaban J connectivity index is 2.62. The van der Waals surface area contributed by atoms with Gasteiger partial charge >= 0.3 is 6.18 Å². The maximum Gasteiger partial charge on any atom is 0.419 e. The first-order valence-corrected chi connectivity index (χ1v) is 4.96. The van der Waals surface area contributed by atoms with Gasteiger partial charge in [-0.15, -0.1) is 0 Å². The van der Waals surface area contributed by atoms with Gasteiger partial charge in [0, 0.05) is 0 Å². The van der Waals surface area contributed by atoms with E-state index in [-0.39, 0.29) is 0 Å². The van der Waals surface area contributed by atoms with Crippen molar-refractivity contribution in [1.82, 2.24) is 5.32 Å². The number of Topliss-reactive ketones (excluding diaryl/α,β-unsaturated/α-hetero) is 1. The molecule has 1 aliphatic heterocycles. The van der Waals surface area contributed by atoms with E-state index in [0.717, 1.165) is 19.3 Å². The van der Waals surface area contributed by atoms with E-state index in [1.165, 1.54) is 0 Å². The predicted molar refractivity (Wildman–Crippen MR) is 50.5 cm³/mol. The number of hydrogen-bond acceptors (Lipinski definition) is 2. The molecule has 0 bridgehead atoms. The molecular formula is C10H14F3NO. The summed E-state index contributed by atoms with van der Waals surface area (Å²) in [4.78, 5) is 11.4. The first-order valence-electron chi connectivity index (χ1n) is 4.96. The molecule has 1 rings (SSSR count). The highest BCUT2D eigenvalue weighted by atomic mass is 19.4. The molecule has 0 aromatic heterocycles. The second-order valence-corrected chi connectivity index (χ2v) is 3.70. The van der Waals surface area contributed by atoms with Gasteiger partial charge in [-0.05, 0) is 19.4 Å². The topological polar surface area (TPSA) is 29.1 Å². The van der Waals surface area contributed by atoms with Crippen molar-refractivity contribution in [3.8, 4) is 0 Å². The summed E-state index contributed by atoms with van der Waals surface area (Å²) in [5, 5.41) is 2.82. The Morgan fingerprint density at radius 3 is 2.53 bits per heavy atom. The molecule has 1 saturated heterocycles. The quantitative estimate of drug-likeness (QED) is 0.724. The molecule has 0 aromatic rings. The van der Waals surface area contributed by atoms with Gasteiger partial charge in [0.25, 0.3) is 0 Å². The summed E-state index contributed by atoms with van der Waals surface area (Å²) in [5.41, 5.74) is -1.25. The number of alkyl halides is 3. The van der Waals surface area contributed by atoms with Gasteiger partial charge in [-0.3, -0.25) is 4.79 Å². The van der Waals surface area contributed by atoms with E-state index in [2.05, 4.69) is 11.9 Å². The van der Waals surface area contributed by atoms with Crippen molar-refractivity contribution >= 4 is 5.78 Å². The number of rotatable bonds is 2. The molecule has 0 radical (unpaired) electrons. The van der Waals surface area contributed by atoms with Crippen LogP contribution in [0.5, 0.6) is 0 Å². The van der Waals surface area contributed by atoms with Gasteiger partial charge in [0.1, 0.15) is 0 Å². The van der Waals surface area contributed by atoms with Crippen molar-refractivity contribution in [3.05, 3.63) is 12.2 Å². The molecule has 0 saturated carbocycles. The summed E-state index contributed by atoms with van der Waals surface area (Å²) in [6, 6.07) is -0.707. The maximum absolute atomic E-state index is 12.2. The van der Waals surface area contributed by atoms with Gasteiger partial charge in [0.15, 0.2) is 5.78 Å². The maximum atomic E-state index is 12.2. The van der Waals surface area contributed by atoms with E-state index >= 15 is 0 Å². The summed E-state index contributed by atoms with van der Waals surface area (Å²) < 4.78 is 36.6. The number of hydrogen-bond donors (Lipinski definition) is 1. The summed E-state index contributed by atoms with van der Waals surface area (Å²) >= 11 is 0. The molecule has 1 unspecified atom stereocenters. The second kappa shape index (κ2) is 4.79. The smallest absolute Gasteiger partial charge is 0.307 e. The molecule has 1 heterocycles. The fourth-order valence-corrected chi connectivity index (χ4v) is 1.60. The number of carbonyl (C=O) groups excluding carboxylic acids is 1. The van der Waals surface area contributed by atoms with Gasteiger partial charge in [-0.25, -0.2) is 0 Å². The average Bonchev–Trinajstić information content (AvgIpc) is 2.42. The number of halogens is 3. The molecule has 15 heavy (non-hydrogen) atoms. The Labute approximate surface area is 86.5 Å². The van der Waals surface area contributed by atoms with Crippen LogP contribution in [-0.2, 0) is 4.79 Å². The Kier molecular flexibility index (Phi) is 3.90. The van der Waals surface area contributed by atoms with Crippen molar-refractivity contribution in [3.63, 3.8) is 0 Å². The molecule has 1 N–H and O–H groups in total. The van der Waals surface area contributed by atoms with Crippen molar-refractivity contribution in [2.45, 2.75) is 37.9 Å². The molecule has 1 aliphatic rings. The molecule has 0 spiro atoms. The Morgan fingerprint density at radius 1 is 1.27 bits per heavy atom. The highest BCUT2D eigenvalue weighted by Gasteiger charge is 2.39. The van der Waals surface area contributed by atoms with Crippen LogP contribution in [0.15, 0.2) is 12.2 Å². The lowest BCUT2D eigenvalue weighted by molar-refractivity contribution is -0.130. The zero-order valence-corrected chi connectivity index (χ0v) is 8.36. The van der Waals surface area contributed by atoms with Gasteiger partial charge in [-0.1, -0.05) is 19.4 Å². The SMILES string of the molecule is C=C(C(=O)C1CCCCCN1)C(F)(F)F. The lowest BCUT2D eigenvalue weighted by atomic mass is 10.0. The minimum Gasteiger partial charge on any atom is -0.307 e. The van der Waals surface area contributed by atoms with E-state index < -0.39 is 23.6 Å². The normalized spacial score (nSPS) is 23.3. The molecule has 1 fully saturated rings. The van der Waals surface area contributed by atoms with Gasteiger partial charge in [0.2, 0.25) is 0 Å². The number of nitrogens with one attached hydrogen (secondary N) is 1. The molecule has 0 aliphatic carbocycles. The molecule has 5 heteroatoms. The van der Waals surface area contributed by atoms with Crippen molar-refractivity contribution < 1.29 is 18.0 Å². The molecule has 1 atom stereocenters. The van der Waals surface area contributed by atoms with Crippen LogP contribution in [0.3, 0.4) is 0 Å². The van der Waals surface area contributed by atoms with Crippen LogP contribution in [0, 0.1) is 0 Å². The summed E-state index contributed by atoms with van der Waals surface area (Å²) in [6.07, 6.45) is -1.49. The Morgan fingerprint density at radius 2 is 1.93 bits per heavy atom. The molecule has 0 aromatic carbocycles. The minimum absolute atomic E-state index is 0.466. The third-order valence-electron chi connectivity index (χ3n) is 2.52. The molecular weight excluding hydrogens is 207 g/mol. The van der Waals surface area contributed by atoms with Crippen molar-refractivity contribution in [2.24, 2.45) is 0 Å². The zero-order valence-electron chi connectivity index (χ0n) is 8.36. The zero-order chi connectivity index (χ0) is 11.5. The third-order valence-corrected chi connectivity index (χ3v) is 2.52. The first-order chi connectivity index (χ1) is 6.93. The van der Waals surface area contributed by atoms with E-state index in [0.29, 0.717) is 13.0 Å². The minimum atomic E-state index is -4.61. The molecule has 0 amide bonds. The van der Waals surface area contributed by atoms with Gasteiger partial charge < -0.3 is 5.32 Å². The lowest BCUT2D eigenvalue weighted by Crippen LogP contribution is -2.39. The molecule has 86 valence electrons. The second-order valence-electron chi connectivity index (χ2n) is 3.70. The summed E-state index contributed by atoms with van der Waals surface area (Å²) in [5.74, 6) is -0.913. The van der Waals surface area contributed by atoms with E-state index in [1.54, 1.807) is 0 Å². The standard InChI is InChI=1S/C10H14F3NO/c1-7(10(11,12)13)9(15)8-5-3-2-4-6-14-8/h8,14H,1-6H2. The van der Waals surface area contributed by atoms with Crippen LogP contribution in [0.1, 0.15) is 25.7 Å². The molecule has 2 nitrogen and oxygen atoms in total. The number of carbonyl (C=O) groups is 1. The average molecular weight is 221 g/mol. The highest BCUT2D eigenvalue weighted by molar-refractivity contribution is 6.00. The van der Waals surface area contributed by atoms with Gasteiger partial charge in [0.05, 0.1) is 11.6 Å². The highest BCUT2D eigenvalue weighted by Crippen LogP contribution is 2.26. The van der Waals surface area contributed by atoms with Crippen molar-refractivity contribution in [2.75, 3.05) is 6.54 Å². The third kappa shape index (κ3) is 3.34. The summed E-state index contributed by atoms with van der Waals surface area (Å²) in [6.45, 7) is 3.42. The largest absolute Gasteiger partial charge is 0.419 e. The van der Waals surface area contributed by atoms with Gasteiger partial charge in [-0.2, -0.15) is 13.2 Å². The number of ketones is 1. The Hall–Kier alpha value is -0.840. The first kappa shape index (κ1) is 12.2. The summed E-state index contributed by atoms with van der Waals surface area (Å²) in [7, 11) is 0. The Bertz CT molecular complexity index is 252. The van der Waals surface area contributed by atoms with Crippen LogP contribution >= 0.6 is 0 Å². The van der Waals surface area contributed by atoms with Crippen LogP contribution in [0.4, 0.5) is 13.2 Å². The fourth-order valence-electron chi connectivity index (χ4n) is 1.60.